The molecule has 5 nitrogen and oxygen atoms in total. The summed E-state index contributed by atoms with van der Waals surface area (Å²) >= 11 is 0. The van der Waals surface area contributed by atoms with E-state index in [0.29, 0.717) is 12.8 Å². The largest absolute Gasteiger partial charge is 0.436 e. The summed E-state index contributed by atoms with van der Waals surface area (Å²) in [6.07, 6.45) is 2.14. The molecule has 136 valence electrons. The third-order valence-corrected chi connectivity index (χ3v) is 4.77. The Labute approximate surface area is 153 Å². The summed E-state index contributed by atoms with van der Waals surface area (Å²) in [5, 5.41) is 3.05. The third-order valence-electron chi connectivity index (χ3n) is 4.77. The normalized spacial score (nSPS) is 17.0. The number of nitrogens with one attached hydrogen (secondary N) is 1. The number of ether oxygens (including phenoxy) is 1. The van der Waals surface area contributed by atoms with Crippen molar-refractivity contribution in [3.8, 4) is 0 Å². The maximum absolute atomic E-state index is 12.7. The lowest BCUT2D eigenvalue weighted by molar-refractivity contribution is -0.130. The van der Waals surface area contributed by atoms with Gasteiger partial charge in [-0.25, -0.2) is 4.79 Å². The minimum atomic E-state index is -0.928. The van der Waals surface area contributed by atoms with Crippen LogP contribution in [-0.2, 0) is 22.4 Å². The van der Waals surface area contributed by atoms with Crippen LogP contribution in [0, 0.1) is 0 Å². The molecule has 2 amide bonds. The predicted octanol–water partition coefficient (Wildman–Crippen LogP) is 3.28. The first-order valence-electron chi connectivity index (χ1n) is 9.01. The van der Waals surface area contributed by atoms with E-state index in [1.54, 1.807) is 0 Å². The van der Waals surface area contributed by atoms with Crippen molar-refractivity contribution in [3.05, 3.63) is 71.3 Å². The molecule has 0 bridgehead atoms. The fraction of sp³-hybridized carbons (Fsp3) is 0.333. The van der Waals surface area contributed by atoms with E-state index in [9.17, 15) is 9.59 Å². The SMILES string of the molecule is NC(=O)O[C@@H](CCc1ccccc1)C(=O)N[C@@H]1CCCc2ccccc21. The number of hydrogen-bond donors (Lipinski definition) is 2. The van der Waals surface area contributed by atoms with Crippen LogP contribution in [0.3, 0.4) is 0 Å². The first-order chi connectivity index (χ1) is 12.6. The Balaban J connectivity index is 1.67. The van der Waals surface area contributed by atoms with Gasteiger partial charge in [-0.3, -0.25) is 4.79 Å². The number of carbonyl (C=O) groups is 2. The Hall–Kier alpha value is -2.82. The van der Waals surface area contributed by atoms with Crippen LogP contribution in [0.25, 0.3) is 0 Å². The van der Waals surface area contributed by atoms with Crippen LogP contribution in [0.15, 0.2) is 54.6 Å². The lowest BCUT2D eigenvalue weighted by Crippen LogP contribution is -2.41. The molecule has 0 unspecified atom stereocenters. The van der Waals surface area contributed by atoms with Gasteiger partial charge in [0.1, 0.15) is 0 Å². The molecule has 1 aliphatic rings. The van der Waals surface area contributed by atoms with Crippen LogP contribution in [0.1, 0.15) is 42.0 Å². The van der Waals surface area contributed by atoms with Gasteiger partial charge in [-0.05, 0) is 48.8 Å². The van der Waals surface area contributed by atoms with Gasteiger partial charge in [0, 0.05) is 0 Å². The Morgan fingerprint density at radius 3 is 2.62 bits per heavy atom. The molecule has 0 aliphatic heterocycles. The van der Waals surface area contributed by atoms with Crippen LogP contribution in [0.2, 0.25) is 0 Å². The zero-order valence-corrected chi connectivity index (χ0v) is 14.7. The Bertz CT molecular complexity index is 761. The van der Waals surface area contributed by atoms with Gasteiger partial charge in [-0.15, -0.1) is 0 Å². The summed E-state index contributed by atoms with van der Waals surface area (Å²) in [5.74, 6) is -0.290. The van der Waals surface area contributed by atoms with Crippen LogP contribution in [0.4, 0.5) is 4.79 Å². The number of primary amides is 1. The Morgan fingerprint density at radius 1 is 1.12 bits per heavy atom. The second-order valence-electron chi connectivity index (χ2n) is 6.60. The lowest BCUT2D eigenvalue weighted by atomic mass is 9.87. The summed E-state index contributed by atoms with van der Waals surface area (Å²) in [6.45, 7) is 0. The number of hydrogen-bond acceptors (Lipinski definition) is 3. The van der Waals surface area contributed by atoms with Crippen LogP contribution >= 0.6 is 0 Å². The number of rotatable bonds is 6. The van der Waals surface area contributed by atoms with E-state index in [1.807, 2.05) is 48.5 Å². The van der Waals surface area contributed by atoms with E-state index >= 15 is 0 Å². The summed E-state index contributed by atoms with van der Waals surface area (Å²) in [7, 11) is 0. The van der Waals surface area contributed by atoms with Crippen LogP contribution in [-0.4, -0.2) is 18.1 Å². The molecule has 3 rings (SSSR count). The average molecular weight is 352 g/mol. The van der Waals surface area contributed by atoms with Crippen molar-refractivity contribution in [2.24, 2.45) is 5.73 Å². The maximum Gasteiger partial charge on any atom is 0.405 e. The highest BCUT2D eigenvalue weighted by atomic mass is 16.6. The minimum Gasteiger partial charge on any atom is -0.436 e. The van der Waals surface area contributed by atoms with E-state index in [1.165, 1.54) is 5.56 Å². The number of benzene rings is 2. The summed E-state index contributed by atoms with van der Waals surface area (Å²) < 4.78 is 5.09. The zero-order valence-electron chi connectivity index (χ0n) is 14.7. The molecule has 0 radical (unpaired) electrons. The molecule has 3 N–H and O–H groups in total. The second-order valence-corrected chi connectivity index (χ2v) is 6.60. The fourth-order valence-corrected chi connectivity index (χ4v) is 3.49. The molecule has 0 saturated carbocycles. The van der Waals surface area contributed by atoms with Crippen molar-refractivity contribution in [2.75, 3.05) is 0 Å². The Morgan fingerprint density at radius 2 is 1.85 bits per heavy atom. The maximum atomic E-state index is 12.7. The molecule has 1 aliphatic carbocycles. The van der Waals surface area contributed by atoms with Gasteiger partial charge < -0.3 is 15.8 Å². The average Bonchev–Trinajstić information content (AvgIpc) is 2.66. The van der Waals surface area contributed by atoms with Crippen molar-refractivity contribution in [1.29, 1.82) is 0 Å². The monoisotopic (exact) mass is 352 g/mol. The van der Waals surface area contributed by atoms with Crippen LogP contribution in [0.5, 0.6) is 0 Å². The molecule has 0 fully saturated rings. The molecule has 5 heteroatoms. The molecule has 2 aromatic rings. The highest BCUT2D eigenvalue weighted by molar-refractivity contribution is 5.83. The van der Waals surface area contributed by atoms with Gasteiger partial charge in [0.25, 0.3) is 5.91 Å². The van der Waals surface area contributed by atoms with Crippen molar-refractivity contribution >= 4 is 12.0 Å². The molecular formula is C21H24N2O3. The van der Waals surface area contributed by atoms with E-state index in [4.69, 9.17) is 10.5 Å². The molecule has 2 aromatic carbocycles. The molecule has 0 aromatic heterocycles. The van der Waals surface area contributed by atoms with Gasteiger partial charge in [0.05, 0.1) is 6.04 Å². The number of fused-ring (bicyclic) bond motifs is 1. The van der Waals surface area contributed by atoms with E-state index in [2.05, 4.69) is 11.4 Å². The standard InChI is InChI=1S/C21H24N2O3/c22-21(25)26-19(14-13-15-7-2-1-3-8-15)20(24)23-18-12-6-10-16-9-4-5-11-17(16)18/h1-5,7-9,11,18-19H,6,10,12-14H2,(H2,22,25)(H,23,24)/t18-,19+/m1/s1. The Kier molecular flexibility index (Phi) is 5.89. The lowest BCUT2D eigenvalue weighted by Gasteiger charge is -2.28. The van der Waals surface area contributed by atoms with Gasteiger partial charge in [0.15, 0.2) is 6.10 Å². The highest BCUT2D eigenvalue weighted by Crippen LogP contribution is 2.29. The zero-order chi connectivity index (χ0) is 18.4. The van der Waals surface area contributed by atoms with Crippen molar-refractivity contribution in [2.45, 2.75) is 44.2 Å². The smallest absolute Gasteiger partial charge is 0.405 e. The molecule has 26 heavy (non-hydrogen) atoms. The van der Waals surface area contributed by atoms with Crippen molar-refractivity contribution in [1.82, 2.24) is 5.32 Å². The minimum absolute atomic E-state index is 0.0526. The van der Waals surface area contributed by atoms with Gasteiger partial charge in [-0.2, -0.15) is 0 Å². The molecule has 0 spiro atoms. The fourth-order valence-electron chi connectivity index (χ4n) is 3.49. The van der Waals surface area contributed by atoms with Gasteiger partial charge >= 0.3 is 6.09 Å². The summed E-state index contributed by atoms with van der Waals surface area (Å²) in [6, 6.07) is 17.9. The van der Waals surface area contributed by atoms with Gasteiger partial charge in [0.2, 0.25) is 0 Å². The van der Waals surface area contributed by atoms with Crippen molar-refractivity contribution in [3.63, 3.8) is 0 Å². The molecule has 0 heterocycles. The summed E-state index contributed by atoms with van der Waals surface area (Å²) in [4.78, 5) is 24.0. The number of amides is 2. The molecular weight excluding hydrogens is 328 g/mol. The third kappa shape index (κ3) is 4.63. The topological polar surface area (TPSA) is 81.4 Å². The second kappa shape index (κ2) is 8.52. The summed E-state index contributed by atoms with van der Waals surface area (Å²) in [5.41, 5.74) is 8.66. The highest BCUT2D eigenvalue weighted by Gasteiger charge is 2.27. The first kappa shape index (κ1) is 18.0. The quantitative estimate of drug-likeness (QED) is 0.837. The van der Waals surface area contributed by atoms with Crippen molar-refractivity contribution < 1.29 is 14.3 Å². The molecule has 2 atom stereocenters. The van der Waals surface area contributed by atoms with Crippen LogP contribution < -0.4 is 11.1 Å². The van der Waals surface area contributed by atoms with E-state index in [-0.39, 0.29) is 11.9 Å². The van der Waals surface area contributed by atoms with E-state index < -0.39 is 12.2 Å². The number of nitrogens with two attached hydrogens (primary N) is 1. The number of carbonyl (C=O) groups excluding carboxylic acids is 2. The predicted molar refractivity (Wildman–Crippen MR) is 99.5 cm³/mol. The molecule has 0 saturated heterocycles. The van der Waals surface area contributed by atoms with Gasteiger partial charge in [-0.1, -0.05) is 54.6 Å². The van der Waals surface area contributed by atoms with E-state index in [0.717, 1.165) is 30.4 Å². The first-order valence-corrected chi connectivity index (χ1v) is 9.01. The number of aryl methyl sites for hydroxylation is 2.